The van der Waals surface area contributed by atoms with Gasteiger partial charge in [-0.15, -0.1) is 0 Å². The number of urea groups is 1. The van der Waals surface area contributed by atoms with E-state index in [0.29, 0.717) is 11.6 Å². The second-order valence-electron chi connectivity index (χ2n) is 5.03. The minimum absolute atomic E-state index is 0.0760. The predicted octanol–water partition coefficient (Wildman–Crippen LogP) is 3.55. The summed E-state index contributed by atoms with van der Waals surface area (Å²) in [6.45, 7) is 6.02. The molecule has 1 aromatic carbocycles. The molecule has 0 aliphatic carbocycles. The fourth-order valence-electron chi connectivity index (χ4n) is 1.59. The van der Waals surface area contributed by atoms with Gasteiger partial charge in [0.2, 0.25) is 0 Å². The van der Waals surface area contributed by atoms with Crippen LogP contribution in [-0.4, -0.2) is 35.1 Å². The number of anilines is 1. The van der Waals surface area contributed by atoms with Crippen molar-refractivity contribution in [3.8, 4) is 0 Å². The van der Waals surface area contributed by atoms with Crippen LogP contribution in [0.1, 0.15) is 31.1 Å². The molecule has 1 rings (SSSR count). The molecule has 0 aliphatic heterocycles. The second kappa shape index (κ2) is 6.61. The summed E-state index contributed by atoms with van der Waals surface area (Å²) in [5.74, 6) is -0.731. The van der Waals surface area contributed by atoms with E-state index in [1.165, 1.54) is 18.2 Å². The first-order valence-corrected chi connectivity index (χ1v) is 6.68. The first-order chi connectivity index (χ1) is 9.23. The molecular formula is C14H19ClN2O3. The van der Waals surface area contributed by atoms with Gasteiger partial charge in [0.05, 0.1) is 16.3 Å². The minimum Gasteiger partial charge on any atom is -0.478 e. The van der Waals surface area contributed by atoms with Crippen LogP contribution in [-0.2, 0) is 0 Å². The fraction of sp³-hybridized carbons (Fsp3) is 0.429. The van der Waals surface area contributed by atoms with Crippen LogP contribution in [0.5, 0.6) is 0 Å². The van der Waals surface area contributed by atoms with Crippen LogP contribution in [0.3, 0.4) is 0 Å². The van der Waals surface area contributed by atoms with Crippen molar-refractivity contribution in [2.45, 2.75) is 26.8 Å². The zero-order valence-corrected chi connectivity index (χ0v) is 12.7. The number of rotatable bonds is 4. The Balaban J connectivity index is 2.83. The molecule has 0 saturated heterocycles. The van der Waals surface area contributed by atoms with Gasteiger partial charge in [0.25, 0.3) is 0 Å². The van der Waals surface area contributed by atoms with Crippen molar-refractivity contribution in [3.63, 3.8) is 0 Å². The third-order valence-corrected chi connectivity index (χ3v) is 3.67. The summed E-state index contributed by atoms with van der Waals surface area (Å²) in [7, 11) is 1.71. The Morgan fingerprint density at radius 1 is 1.30 bits per heavy atom. The lowest BCUT2D eigenvalue weighted by Crippen LogP contribution is -2.40. The Morgan fingerprint density at radius 2 is 1.90 bits per heavy atom. The quantitative estimate of drug-likeness (QED) is 0.893. The zero-order valence-electron chi connectivity index (χ0n) is 12.0. The SMILES string of the molecule is CC(C)C(C)N(C)C(=O)Nc1ccc(C(=O)O)cc1Cl. The zero-order chi connectivity index (χ0) is 15.4. The highest BCUT2D eigenvalue weighted by molar-refractivity contribution is 6.34. The number of benzene rings is 1. The van der Waals surface area contributed by atoms with E-state index < -0.39 is 5.97 Å². The third-order valence-electron chi connectivity index (χ3n) is 3.35. The number of aromatic carboxylic acids is 1. The second-order valence-corrected chi connectivity index (χ2v) is 5.43. The maximum absolute atomic E-state index is 12.1. The van der Waals surface area contributed by atoms with Crippen molar-refractivity contribution in [1.82, 2.24) is 4.90 Å². The molecule has 0 bridgehead atoms. The Kier molecular flexibility index (Phi) is 5.39. The van der Waals surface area contributed by atoms with Crippen molar-refractivity contribution in [2.75, 3.05) is 12.4 Å². The van der Waals surface area contributed by atoms with E-state index >= 15 is 0 Å². The number of nitrogens with zero attached hydrogens (tertiary/aromatic N) is 1. The van der Waals surface area contributed by atoms with Gasteiger partial charge < -0.3 is 15.3 Å². The Bertz CT molecular complexity index is 517. The first kappa shape index (κ1) is 16.3. The van der Waals surface area contributed by atoms with Crippen molar-refractivity contribution < 1.29 is 14.7 Å². The van der Waals surface area contributed by atoms with Gasteiger partial charge in [-0.1, -0.05) is 25.4 Å². The van der Waals surface area contributed by atoms with Crippen LogP contribution < -0.4 is 5.32 Å². The van der Waals surface area contributed by atoms with Crippen molar-refractivity contribution in [2.24, 2.45) is 5.92 Å². The first-order valence-electron chi connectivity index (χ1n) is 6.30. The highest BCUT2D eigenvalue weighted by atomic mass is 35.5. The average Bonchev–Trinajstić information content (AvgIpc) is 2.38. The largest absolute Gasteiger partial charge is 0.478 e. The summed E-state index contributed by atoms with van der Waals surface area (Å²) in [5.41, 5.74) is 0.473. The predicted molar refractivity (Wildman–Crippen MR) is 79.5 cm³/mol. The molecule has 20 heavy (non-hydrogen) atoms. The van der Waals surface area contributed by atoms with Gasteiger partial charge in [-0.05, 0) is 31.0 Å². The number of amides is 2. The molecule has 5 nitrogen and oxygen atoms in total. The molecule has 6 heteroatoms. The maximum atomic E-state index is 12.1. The van der Waals surface area contributed by atoms with E-state index in [1.807, 2.05) is 20.8 Å². The molecule has 0 saturated carbocycles. The number of carbonyl (C=O) groups is 2. The highest BCUT2D eigenvalue weighted by Gasteiger charge is 2.19. The lowest BCUT2D eigenvalue weighted by atomic mass is 10.1. The molecule has 1 unspecified atom stereocenters. The highest BCUT2D eigenvalue weighted by Crippen LogP contribution is 2.23. The number of carboxylic acid groups (broad SMARTS) is 1. The van der Waals surface area contributed by atoms with Gasteiger partial charge in [-0.3, -0.25) is 0 Å². The number of halogens is 1. The molecule has 0 aromatic heterocycles. The van der Waals surface area contributed by atoms with Crippen molar-refractivity contribution in [3.05, 3.63) is 28.8 Å². The van der Waals surface area contributed by atoms with Gasteiger partial charge in [0.1, 0.15) is 0 Å². The van der Waals surface area contributed by atoms with E-state index in [1.54, 1.807) is 11.9 Å². The van der Waals surface area contributed by atoms with E-state index in [4.69, 9.17) is 16.7 Å². The van der Waals surface area contributed by atoms with Crippen LogP contribution in [0.2, 0.25) is 5.02 Å². The van der Waals surface area contributed by atoms with Gasteiger partial charge in [-0.2, -0.15) is 0 Å². The van der Waals surface area contributed by atoms with Gasteiger partial charge in [-0.25, -0.2) is 9.59 Å². The Hall–Kier alpha value is -1.75. The van der Waals surface area contributed by atoms with Crippen LogP contribution >= 0.6 is 11.6 Å². The number of nitrogens with one attached hydrogen (secondary N) is 1. The monoisotopic (exact) mass is 298 g/mol. The summed E-state index contributed by atoms with van der Waals surface area (Å²) >= 11 is 5.97. The Morgan fingerprint density at radius 3 is 2.35 bits per heavy atom. The molecule has 1 aromatic rings. The topological polar surface area (TPSA) is 69.6 Å². The normalized spacial score (nSPS) is 12.1. The average molecular weight is 299 g/mol. The van der Waals surface area contributed by atoms with Gasteiger partial charge in [0.15, 0.2) is 0 Å². The summed E-state index contributed by atoms with van der Waals surface area (Å²) < 4.78 is 0. The summed E-state index contributed by atoms with van der Waals surface area (Å²) in [4.78, 5) is 24.5. The van der Waals surface area contributed by atoms with Crippen LogP contribution in [0.4, 0.5) is 10.5 Å². The standard InChI is InChI=1S/C14H19ClN2O3/c1-8(2)9(3)17(4)14(20)16-12-6-5-10(13(18)19)7-11(12)15/h5-9H,1-4H3,(H,16,20)(H,18,19). The maximum Gasteiger partial charge on any atom is 0.335 e. The van der Waals surface area contributed by atoms with Crippen LogP contribution in [0, 0.1) is 5.92 Å². The van der Waals surface area contributed by atoms with Gasteiger partial charge >= 0.3 is 12.0 Å². The summed E-state index contributed by atoms with van der Waals surface area (Å²) in [6.07, 6.45) is 0. The fourth-order valence-corrected chi connectivity index (χ4v) is 1.81. The molecule has 0 aliphatic rings. The van der Waals surface area contributed by atoms with E-state index in [0.717, 1.165) is 0 Å². The van der Waals surface area contributed by atoms with Crippen molar-refractivity contribution in [1.29, 1.82) is 0 Å². The molecule has 2 amide bonds. The molecule has 0 fully saturated rings. The molecule has 0 heterocycles. The van der Waals surface area contributed by atoms with Crippen molar-refractivity contribution >= 4 is 29.3 Å². The van der Waals surface area contributed by atoms with E-state index in [2.05, 4.69) is 5.32 Å². The molecule has 1 atom stereocenters. The minimum atomic E-state index is -1.06. The number of hydrogen-bond donors (Lipinski definition) is 2. The van der Waals surface area contributed by atoms with E-state index in [9.17, 15) is 9.59 Å². The summed E-state index contributed by atoms with van der Waals surface area (Å²) in [5, 5.41) is 11.7. The molecule has 0 spiro atoms. The molecule has 0 radical (unpaired) electrons. The number of carbonyl (C=O) groups excluding carboxylic acids is 1. The molecule has 110 valence electrons. The lowest BCUT2D eigenvalue weighted by Gasteiger charge is -2.28. The lowest BCUT2D eigenvalue weighted by molar-refractivity contribution is 0.0697. The molecule has 2 N–H and O–H groups in total. The van der Waals surface area contributed by atoms with Crippen LogP contribution in [0.15, 0.2) is 18.2 Å². The summed E-state index contributed by atoms with van der Waals surface area (Å²) in [6, 6.07) is 3.99. The van der Waals surface area contributed by atoms with E-state index in [-0.39, 0.29) is 22.7 Å². The number of hydrogen-bond acceptors (Lipinski definition) is 2. The number of carboxylic acids is 1. The van der Waals surface area contributed by atoms with Crippen LogP contribution in [0.25, 0.3) is 0 Å². The Labute approximate surface area is 123 Å². The smallest absolute Gasteiger partial charge is 0.335 e. The van der Waals surface area contributed by atoms with Gasteiger partial charge in [0, 0.05) is 13.1 Å². The third kappa shape index (κ3) is 3.87. The molecular weight excluding hydrogens is 280 g/mol.